The number of hydrogen-bond donors (Lipinski definition) is 0. The van der Waals surface area contributed by atoms with Gasteiger partial charge >= 0.3 is 0 Å². The molecule has 0 spiro atoms. The number of benzene rings is 1. The molecule has 0 aliphatic heterocycles. The first-order valence-corrected chi connectivity index (χ1v) is 10.1. The van der Waals surface area contributed by atoms with Crippen molar-refractivity contribution in [1.82, 2.24) is 0 Å². The molecule has 0 unspecified atom stereocenters. The van der Waals surface area contributed by atoms with Crippen LogP contribution < -0.4 is 4.74 Å². The van der Waals surface area contributed by atoms with E-state index in [2.05, 4.69) is 13.0 Å². The normalized spacial score (nSPS) is 10.9. The minimum absolute atomic E-state index is 0.755. The molecule has 0 N–H and O–H groups in total. The molecule has 0 atom stereocenters. The highest BCUT2D eigenvalue weighted by molar-refractivity contribution is 7.99. The van der Waals surface area contributed by atoms with E-state index in [0.29, 0.717) is 0 Å². The molecule has 0 aliphatic carbocycles. The van der Waals surface area contributed by atoms with Gasteiger partial charge in [-0.3, -0.25) is 0 Å². The summed E-state index contributed by atoms with van der Waals surface area (Å²) in [5.74, 6) is 2.01. The minimum atomic E-state index is 0.755. The third-order valence-corrected chi connectivity index (χ3v) is 5.13. The van der Waals surface area contributed by atoms with Crippen LogP contribution in [-0.2, 0) is 0 Å². The summed E-state index contributed by atoms with van der Waals surface area (Å²) in [6.07, 6.45) is 13.9. The molecule has 0 heterocycles. The maximum Gasteiger partial charge on any atom is 0.121 e. The summed E-state index contributed by atoms with van der Waals surface area (Å²) < 4.78 is 5.24. The standard InChI is InChI=1S/C19H31ClOS/c1-3-4-5-6-7-8-9-10-11-12-13-22-19-15-17(20)14-18(16-19)21-2/h14-16H,3-13H2,1-2H3. The second-order valence-electron chi connectivity index (χ2n) is 5.86. The lowest BCUT2D eigenvalue weighted by molar-refractivity contribution is 0.413. The Morgan fingerprint density at radius 3 is 2.05 bits per heavy atom. The topological polar surface area (TPSA) is 9.23 Å². The Kier molecular flexibility index (Phi) is 11.8. The van der Waals surface area contributed by atoms with Crippen molar-refractivity contribution in [2.24, 2.45) is 0 Å². The molecule has 3 heteroatoms. The lowest BCUT2D eigenvalue weighted by atomic mass is 10.1. The molecule has 0 saturated carbocycles. The van der Waals surface area contributed by atoms with E-state index in [4.69, 9.17) is 16.3 Å². The number of halogens is 1. The van der Waals surface area contributed by atoms with Crippen LogP contribution in [-0.4, -0.2) is 12.9 Å². The Balaban J connectivity index is 1.98. The number of ether oxygens (including phenoxy) is 1. The molecule has 0 saturated heterocycles. The Morgan fingerprint density at radius 2 is 1.45 bits per heavy atom. The second-order valence-corrected chi connectivity index (χ2v) is 7.46. The summed E-state index contributed by atoms with van der Waals surface area (Å²) in [5.41, 5.74) is 0. The molecule has 0 aromatic heterocycles. The number of unbranched alkanes of at least 4 members (excludes halogenated alkanes) is 9. The average Bonchev–Trinajstić information content (AvgIpc) is 2.52. The fourth-order valence-corrected chi connectivity index (χ4v) is 3.80. The molecule has 1 aromatic carbocycles. The van der Waals surface area contributed by atoms with E-state index in [1.807, 2.05) is 23.9 Å². The number of rotatable bonds is 13. The molecule has 0 amide bonds. The molecular weight excluding hydrogens is 312 g/mol. The maximum absolute atomic E-state index is 6.08. The predicted molar refractivity (Wildman–Crippen MR) is 101 cm³/mol. The van der Waals surface area contributed by atoms with Crippen molar-refractivity contribution in [2.75, 3.05) is 12.9 Å². The highest BCUT2D eigenvalue weighted by Crippen LogP contribution is 2.28. The molecule has 0 radical (unpaired) electrons. The van der Waals surface area contributed by atoms with Crippen molar-refractivity contribution in [2.45, 2.75) is 76.0 Å². The molecule has 1 rings (SSSR count). The summed E-state index contributed by atoms with van der Waals surface area (Å²) in [6.45, 7) is 2.28. The van der Waals surface area contributed by atoms with Crippen molar-refractivity contribution in [3.05, 3.63) is 23.2 Å². The van der Waals surface area contributed by atoms with Crippen LogP contribution in [0.2, 0.25) is 5.02 Å². The van der Waals surface area contributed by atoms with Gasteiger partial charge in [-0.25, -0.2) is 0 Å². The molecule has 1 aromatic rings. The lowest BCUT2D eigenvalue weighted by Crippen LogP contribution is -1.86. The van der Waals surface area contributed by atoms with Gasteiger partial charge in [0, 0.05) is 9.92 Å². The summed E-state index contributed by atoms with van der Waals surface area (Å²) in [5, 5.41) is 0.755. The third-order valence-electron chi connectivity index (χ3n) is 3.85. The molecule has 0 aliphatic rings. The van der Waals surface area contributed by atoms with Crippen molar-refractivity contribution in [3.8, 4) is 5.75 Å². The van der Waals surface area contributed by atoms with E-state index < -0.39 is 0 Å². The number of methoxy groups -OCH3 is 1. The summed E-state index contributed by atoms with van der Waals surface area (Å²) in [6, 6.07) is 5.93. The van der Waals surface area contributed by atoms with Crippen LogP contribution in [0.15, 0.2) is 23.1 Å². The second kappa shape index (κ2) is 13.1. The monoisotopic (exact) mass is 342 g/mol. The van der Waals surface area contributed by atoms with Gasteiger partial charge in [0.2, 0.25) is 0 Å². The molecule has 0 fully saturated rings. The van der Waals surface area contributed by atoms with Crippen LogP contribution in [0.3, 0.4) is 0 Å². The van der Waals surface area contributed by atoms with Crippen LogP contribution >= 0.6 is 23.4 Å². The van der Waals surface area contributed by atoms with Gasteiger partial charge in [-0.2, -0.15) is 0 Å². The Bertz CT molecular complexity index is 395. The van der Waals surface area contributed by atoms with Crippen LogP contribution in [0.4, 0.5) is 0 Å². The van der Waals surface area contributed by atoms with E-state index in [9.17, 15) is 0 Å². The first-order chi connectivity index (χ1) is 10.8. The Hall–Kier alpha value is -0.340. The summed E-state index contributed by atoms with van der Waals surface area (Å²) in [4.78, 5) is 1.21. The van der Waals surface area contributed by atoms with Crippen LogP contribution in [0.5, 0.6) is 5.75 Å². The van der Waals surface area contributed by atoms with Crippen LogP contribution in [0.1, 0.15) is 71.1 Å². The van der Waals surface area contributed by atoms with Gasteiger partial charge in [0.05, 0.1) is 7.11 Å². The Labute approximate surface area is 146 Å². The van der Waals surface area contributed by atoms with Crippen molar-refractivity contribution >= 4 is 23.4 Å². The quantitative estimate of drug-likeness (QED) is 0.273. The van der Waals surface area contributed by atoms with Crippen LogP contribution in [0.25, 0.3) is 0 Å². The van der Waals surface area contributed by atoms with Crippen molar-refractivity contribution in [3.63, 3.8) is 0 Å². The zero-order chi connectivity index (χ0) is 16.0. The first-order valence-electron chi connectivity index (χ1n) is 8.73. The number of hydrogen-bond acceptors (Lipinski definition) is 2. The lowest BCUT2D eigenvalue weighted by Gasteiger charge is -2.06. The molecule has 22 heavy (non-hydrogen) atoms. The summed E-state index contributed by atoms with van der Waals surface area (Å²) in [7, 11) is 1.68. The molecular formula is C19H31ClOS. The van der Waals surface area contributed by atoms with Gasteiger partial charge in [-0.15, -0.1) is 11.8 Å². The van der Waals surface area contributed by atoms with E-state index in [0.717, 1.165) is 10.8 Å². The first kappa shape index (κ1) is 19.7. The minimum Gasteiger partial charge on any atom is -0.497 e. The van der Waals surface area contributed by atoms with E-state index in [1.165, 1.54) is 74.9 Å². The predicted octanol–water partition coefficient (Wildman–Crippen LogP) is 7.36. The van der Waals surface area contributed by atoms with Gasteiger partial charge in [0.1, 0.15) is 5.75 Å². The maximum atomic E-state index is 6.08. The highest BCUT2D eigenvalue weighted by atomic mass is 35.5. The third kappa shape index (κ3) is 9.63. The fraction of sp³-hybridized carbons (Fsp3) is 0.684. The van der Waals surface area contributed by atoms with Gasteiger partial charge in [-0.1, -0.05) is 76.3 Å². The van der Waals surface area contributed by atoms with E-state index >= 15 is 0 Å². The zero-order valence-corrected chi connectivity index (χ0v) is 15.8. The van der Waals surface area contributed by atoms with Gasteiger partial charge < -0.3 is 4.74 Å². The van der Waals surface area contributed by atoms with Crippen molar-refractivity contribution < 1.29 is 4.74 Å². The zero-order valence-electron chi connectivity index (χ0n) is 14.2. The molecule has 0 bridgehead atoms. The summed E-state index contributed by atoms with van der Waals surface area (Å²) >= 11 is 7.96. The molecule has 1 nitrogen and oxygen atoms in total. The number of thioether (sulfide) groups is 1. The average molecular weight is 343 g/mol. The SMILES string of the molecule is CCCCCCCCCCCCSc1cc(Cl)cc(OC)c1. The fourth-order valence-electron chi connectivity index (χ4n) is 2.52. The smallest absolute Gasteiger partial charge is 0.121 e. The van der Waals surface area contributed by atoms with E-state index in [-0.39, 0.29) is 0 Å². The van der Waals surface area contributed by atoms with Gasteiger partial charge in [0.15, 0.2) is 0 Å². The van der Waals surface area contributed by atoms with Crippen molar-refractivity contribution in [1.29, 1.82) is 0 Å². The van der Waals surface area contributed by atoms with Gasteiger partial charge in [0.25, 0.3) is 0 Å². The Morgan fingerprint density at radius 1 is 0.864 bits per heavy atom. The largest absolute Gasteiger partial charge is 0.497 e. The van der Waals surface area contributed by atoms with Crippen LogP contribution in [0, 0.1) is 0 Å². The highest BCUT2D eigenvalue weighted by Gasteiger charge is 2.01. The molecule has 126 valence electrons. The van der Waals surface area contributed by atoms with E-state index in [1.54, 1.807) is 7.11 Å². The van der Waals surface area contributed by atoms with Gasteiger partial charge in [-0.05, 0) is 30.4 Å².